The Morgan fingerprint density at radius 2 is 1.78 bits per heavy atom. The van der Waals surface area contributed by atoms with Gasteiger partial charge in [0.25, 0.3) is 0 Å². The highest BCUT2D eigenvalue weighted by molar-refractivity contribution is 7.89. The predicted molar refractivity (Wildman–Crippen MR) is 119 cm³/mol. The van der Waals surface area contributed by atoms with E-state index in [9.17, 15) is 22.8 Å². The molecule has 0 aliphatic carbocycles. The molecule has 1 N–H and O–H groups in total. The number of sulfonamides is 1. The van der Waals surface area contributed by atoms with Crippen molar-refractivity contribution >= 4 is 39.2 Å². The van der Waals surface area contributed by atoms with E-state index in [1.54, 1.807) is 13.8 Å². The van der Waals surface area contributed by atoms with Gasteiger partial charge >= 0.3 is 5.97 Å². The van der Waals surface area contributed by atoms with E-state index in [1.165, 1.54) is 36.4 Å². The number of carbonyl (C=O) groups is 3. The Morgan fingerprint density at radius 1 is 1.16 bits per heavy atom. The third-order valence-corrected chi connectivity index (χ3v) is 7.77. The molecule has 2 heterocycles. The summed E-state index contributed by atoms with van der Waals surface area (Å²) < 4.78 is 32.3. The molecule has 2 aromatic rings. The summed E-state index contributed by atoms with van der Waals surface area (Å²) in [6.45, 7) is 6.99. The molecular formula is C22H25ClN2O6S. The van der Waals surface area contributed by atoms with Crippen LogP contribution in [0.3, 0.4) is 0 Å². The Bertz CT molecular complexity index is 1200. The van der Waals surface area contributed by atoms with Crippen LogP contribution in [0.25, 0.3) is 0 Å². The number of H-pyrrole nitrogens is 1. The van der Waals surface area contributed by atoms with Crippen molar-refractivity contribution in [2.75, 3.05) is 13.1 Å². The normalized spacial score (nSPS) is 15.5. The number of nitrogens with one attached hydrogen (secondary N) is 1. The molecule has 1 atom stereocenters. The molecular weight excluding hydrogens is 456 g/mol. The summed E-state index contributed by atoms with van der Waals surface area (Å²) in [6, 6.07) is 3.84. The Balaban J connectivity index is 1.83. The second kappa shape index (κ2) is 9.17. The number of aromatic nitrogens is 1. The van der Waals surface area contributed by atoms with Crippen molar-refractivity contribution in [3.8, 4) is 0 Å². The number of Topliss-reactive ketones (excluding diaryl/α,β-unsaturated/α-hetero) is 2. The van der Waals surface area contributed by atoms with Crippen LogP contribution in [0.1, 0.15) is 69.2 Å². The molecule has 1 fully saturated rings. The predicted octanol–water partition coefficient (Wildman–Crippen LogP) is 3.70. The van der Waals surface area contributed by atoms with E-state index in [4.69, 9.17) is 16.3 Å². The zero-order valence-electron chi connectivity index (χ0n) is 18.3. The maximum Gasteiger partial charge on any atom is 0.340 e. The van der Waals surface area contributed by atoms with Gasteiger partial charge in [-0.2, -0.15) is 4.31 Å². The number of rotatable bonds is 7. The summed E-state index contributed by atoms with van der Waals surface area (Å²) >= 11 is 6.13. The topological polar surface area (TPSA) is 114 Å². The van der Waals surface area contributed by atoms with Crippen LogP contribution < -0.4 is 0 Å². The number of nitrogens with zero attached hydrogens (tertiary/aromatic N) is 1. The summed E-state index contributed by atoms with van der Waals surface area (Å²) in [5.41, 5.74) is 1.51. The number of halogens is 1. The number of benzene rings is 1. The summed E-state index contributed by atoms with van der Waals surface area (Å²) in [6.07, 6.45) is 0.378. The van der Waals surface area contributed by atoms with Gasteiger partial charge in [0.15, 0.2) is 11.9 Å². The maximum atomic E-state index is 12.9. The fourth-order valence-corrected chi connectivity index (χ4v) is 5.64. The van der Waals surface area contributed by atoms with Crippen molar-refractivity contribution < 1.29 is 27.5 Å². The molecule has 10 heteroatoms. The monoisotopic (exact) mass is 480 g/mol. The standard InChI is InChI=1S/C22H25ClN2O6S/c1-12-19(14(3)26)13(2)24-20(12)21(27)15(4)31-22(28)17-11-16(7-8-18(17)23)32(29,30)25-9-5-6-10-25/h7-8,11,15,24H,5-6,9-10H2,1-4H3. The molecule has 3 rings (SSSR count). The Labute approximate surface area is 191 Å². The van der Waals surface area contributed by atoms with Crippen LogP contribution in [-0.4, -0.2) is 54.4 Å². The van der Waals surface area contributed by atoms with Gasteiger partial charge in [-0.3, -0.25) is 9.59 Å². The molecule has 1 aromatic heterocycles. The lowest BCUT2D eigenvalue weighted by Crippen LogP contribution is -2.28. The van der Waals surface area contributed by atoms with E-state index in [-0.39, 0.29) is 27.0 Å². The van der Waals surface area contributed by atoms with Crippen LogP contribution in [0, 0.1) is 13.8 Å². The van der Waals surface area contributed by atoms with Crippen LogP contribution in [0.5, 0.6) is 0 Å². The SMILES string of the molecule is CC(=O)c1c(C)[nH]c(C(=O)C(C)OC(=O)c2cc(S(=O)(=O)N3CCCC3)ccc2Cl)c1C. The second-order valence-corrected chi connectivity index (χ2v) is 10.2. The van der Waals surface area contributed by atoms with Crippen LogP contribution in [0.4, 0.5) is 0 Å². The van der Waals surface area contributed by atoms with Crippen LogP contribution >= 0.6 is 11.6 Å². The zero-order chi connectivity index (χ0) is 23.8. The fourth-order valence-electron chi connectivity index (χ4n) is 3.90. The molecule has 1 aliphatic rings. The Morgan fingerprint density at radius 3 is 2.34 bits per heavy atom. The highest BCUT2D eigenvalue weighted by atomic mass is 35.5. The first-order chi connectivity index (χ1) is 14.9. The molecule has 1 saturated heterocycles. The van der Waals surface area contributed by atoms with E-state index in [2.05, 4.69) is 4.98 Å². The molecule has 0 spiro atoms. The van der Waals surface area contributed by atoms with Gasteiger partial charge in [-0.05, 0) is 64.3 Å². The van der Waals surface area contributed by atoms with Gasteiger partial charge in [0.05, 0.1) is 21.2 Å². The van der Waals surface area contributed by atoms with Gasteiger partial charge in [0.1, 0.15) is 0 Å². The molecule has 0 bridgehead atoms. The third kappa shape index (κ3) is 4.51. The van der Waals surface area contributed by atoms with Gasteiger partial charge in [-0.15, -0.1) is 0 Å². The fraction of sp³-hybridized carbons (Fsp3) is 0.409. The average Bonchev–Trinajstić information content (AvgIpc) is 3.36. The van der Waals surface area contributed by atoms with Crippen molar-refractivity contribution in [3.05, 3.63) is 51.3 Å². The minimum Gasteiger partial charge on any atom is -0.451 e. The average molecular weight is 481 g/mol. The minimum atomic E-state index is -3.75. The number of esters is 1. The summed E-state index contributed by atoms with van der Waals surface area (Å²) in [5.74, 6) is -1.60. The first kappa shape index (κ1) is 24.2. The summed E-state index contributed by atoms with van der Waals surface area (Å²) in [5, 5.41) is 0.0146. The quantitative estimate of drug-likeness (QED) is 0.477. The van der Waals surface area contributed by atoms with Crippen LogP contribution in [0.2, 0.25) is 5.02 Å². The van der Waals surface area contributed by atoms with Crippen molar-refractivity contribution in [2.24, 2.45) is 0 Å². The largest absolute Gasteiger partial charge is 0.451 e. The molecule has 172 valence electrons. The Hall–Kier alpha value is -2.49. The Kier molecular flexibility index (Phi) is 6.92. The number of aryl methyl sites for hydroxylation is 1. The highest BCUT2D eigenvalue weighted by Crippen LogP contribution is 2.27. The number of hydrogen-bond donors (Lipinski definition) is 1. The second-order valence-electron chi connectivity index (χ2n) is 7.85. The van der Waals surface area contributed by atoms with Gasteiger partial charge < -0.3 is 9.72 Å². The van der Waals surface area contributed by atoms with Gasteiger partial charge in [-0.25, -0.2) is 13.2 Å². The van der Waals surface area contributed by atoms with E-state index in [1.807, 2.05) is 0 Å². The number of carbonyl (C=O) groups excluding carboxylic acids is 3. The lowest BCUT2D eigenvalue weighted by atomic mass is 10.0. The molecule has 32 heavy (non-hydrogen) atoms. The van der Waals surface area contributed by atoms with Crippen molar-refractivity contribution in [1.82, 2.24) is 9.29 Å². The smallest absolute Gasteiger partial charge is 0.340 e. The number of aromatic amines is 1. The first-order valence-corrected chi connectivity index (χ1v) is 12.0. The van der Waals surface area contributed by atoms with Gasteiger partial charge in [-0.1, -0.05) is 11.6 Å². The summed E-state index contributed by atoms with van der Waals surface area (Å²) in [7, 11) is -3.75. The number of hydrogen-bond acceptors (Lipinski definition) is 6. The lowest BCUT2D eigenvalue weighted by Gasteiger charge is -2.17. The van der Waals surface area contributed by atoms with Crippen LogP contribution in [0.15, 0.2) is 23.1 Å². The maximum absolute atomic E-state index is 12.9. The lowest BCUT2D eigenvalue weighted by molar-refractivity contribution is 0.0317. The zero-order valence-corrected chi connectivity index (χ0v) is 19.9. The minimum absolute atomic E-state index is 0.0146. The third-order valence-electron chi connectivity index (χ3n) is 5.55. The molecule has 0 saturated carbocycles. The van der Waals surface area contributed by atoms with E-state index in [0.717, 1.165) is 12.8 Å². The molecule has 0 amide bonds. The highest BCUT2D eigenvalue weighted by Gasteiger charge is 2.30. The molecule has 1 aromatic carbocycles. The van der Waals surface area contributed by atoms with E-state index >= 15 is 0 Å². The molecule has 0 radical (unpaired) electrons. The van der Waals surface area contributed by atoms with Gasteiger partial charge in [0, 0.05) is 24.3 Å². The number of ether oxygens (including phenoxy) is 1. The van der Waals surface area contributed by atoms with Gasteiger partial charge in [0.2, 0.25) is 15.8 Å². The molecule has 1 unspecified atom stereocenters. The first-order valence-electron chi connectivity index (χ1n) is 10.2. The molecule has 8 nitrogen and oxygen atoms in total. The summed E-state index contributed by atoms with van der Waals surface area (Å²) in [4.78, 5) is 40.2. The van der Waals surface area contributed by atoms with Crippen molar-refractivity contribution in [3.63, 3.8) is 0 Å². The van der Waals surface area contributed by atoms with E-state index < -0.39 is 27.9 Å². The molecule has 1 aliphatic heterocycles. The van der Waals surface area contributed by atoms with E-state index in [0.29, 0.717) is 29.9 Å². The van der Waals surface area contributed by atoms with Crippen molar-refractivity contribution in [2.45, 2.75) is 51.5 Å². The van der Waals surface area contributed by atoms with Crippen molar-refractivity contribution in [1.29, 1.82) is 0 Å². The number of ketones is 2. The van der Waals surface area contributed by atoms with Crippen LogP contribution in [-0.2, 0) is 14.8 Å².